The average molecular weight is 1960 g/mol. The Hall–Kier alpha value is -7.67. The van der Waals surface area contributed by atoms with Crippen LogP contribution in [0, 0.1) is 157 Å². The molecule has 0 unspecified atom stereocenters. The molecule has 6 aromatic carbocycles. The summed E-state index contributed by atoms with van der Waals surface area (Å²) in [5.41, 5.74) is -14.3. The molecule has 0 aromatic heterocycles. The molecule has 0 saturated heterocycles. The van der Waals surface area contributed by atoms with E-state index < -0.39 is 348 Å². The first-order chi connectivity index (χ1) is 56.3. The predicted octanol–water partition coefficient (Wildman–Crippen LogP) is 18.9. The molecule has 0 spiro atoms. The Morgan fingerprint density at radius 3 is 0.569 bits per heavy atom. The second-order valence-electron chi connectivity index (χ2n) is 22.3. The van der Waals surface area contributed by atoms with E-state index in [0.29, 0.717) is 0 Å². The van der Waals surface area contributed by atoms with Gasteiger partial charge in [0.05, 0.1) is 31.1 Å². The first-order valence-electron chi connectivity index (χ1n) is 32.3. The topological polar surface area (TPSA) is 92.3 Å². The molecule has 0 aliphatic heterocycles. The Morgan fingerprint density at radius 1 is 0.228 bits per heavy atom. The zero-order valence-electron chi connectivity index (χ0n) is 62.2. The molecule has 0 bridgehead atoms. The number of halogens is 45. The highest BCUT2D eigenvalue weighted by Crippen LogP contribution is 2.42. The Balaban J connectivity index is 0.000000531. The first-order valence-corrected chi connectivity index (χ1v) is 41.9. The van der Waals surface area contributed by atoms with Crippen molar-refractivity contribution in [3.8, 4) is 0 Å². The van der Waals surface area contributed by atoms with Crippen molar-refractivity contribution in [2.24, 2.45) is 0 Å². The molecule has 0 fully saturated rings. The Morgan fingerprint density at radius 2 is 0.398 bits per heavy atom. The molecular weight excluding hydrogens is 1910 g/mol. The Bertz CT molecular complexity index is 4560. The molecule has 0 saturated carbocycles. The van der Waals surface area contributed by atoms with Gasteiger partial charge >= 0.3 is 79.3 Å². The fourth-order valence-corrected chi connectivity index (χ4v) is 23.2. The Labute approximate surface area is 664 Å². The molecule has 0 radical (unpaired) electrons. The highest BCUT2D eigenvalue weighted by molar-refractivity contribution is 6.93. The van der Waals surface area contributed by atoms with Crippen molar-refractivity contribution >= 4 is 73.9 Å². The van der Waals surface area contributed by atoms with Gasteiger partial charge in [0.15, 0.2) is 140 Å². The summed E-state index contributed by atoms with van der Waals surface area (Å²) in [5.74, 6) is -76.4. The zero-order valence-corrected chi connectivity index (χ0v) is 67.2. The van der Waals surface area contributed by atoms with Crippen LogP contribution in [-0.4, -0.2) is 116 Å². The molecule has 10 nitrogen and oxygen atoms in total. The van der Waals surface area contributed by atoms with Gasteiger partial charge < -0.3 is 44.3 Å². The summed E-state index contributed by atoms with van der Waals surface area (Å²) >= 11 is 0. The summed E-state index contributed by atoms with van der Waals surface area (Å²) in [6, 6.07) is 0. The van der Waals surface area contributed by atoms with Crippen LogP contribution in [-0.2, 0) is 62.8 Å². The molecule has 0 aliphatic rings. The van der Waals surface area contributed by atoms with E-state index in [-0.39, 0.29) is 0 Å². The third-order valence-electron chi connectivity index (χ3n) is 15.2. The summed E-state index contributed by atoms with van der Waals surface area (Å²) in [7, 11) is -24.8. The number of rotatable bonds is 26. The van der Waals surface area contributed by atoms with Crippen LogP contribution >= 0.6 is 0 Å². The van der Waals surface area contributed by atoms with Gasteiger partial charge in [-0.15, -0.1) is 0 Å². The van der Waals surface area contributed by atoms with Gasteiger partial charge in [0.25, 0.3) is 0 Å². The molecule has 0 amide bonds. The van der Waals surface area contributed by atoms with Crippen LogP contribution in [0.1, 0.15) is 72.1 Å². The van der Waals surface area contributed by atoms with Crippen LogP contribution in [0.2, 0.25) is 6.55 Å². The number of hydrogen-bond donors (Lipinski definition) is 0. The van der Waals surface area contributed by atoms with Crippen LogP contribution in [0.4, 0.5) is 198 Å². The first kappa shape index (κ1) is 111. The maximum Gasteiger partial charge on any atom is 0.497 e. The van der Waals surface area contributed by atoms with E-state index in [4.69, 9.17) is 17.7 Å². The van der Waals surface area contributed by atoms with E-state index in [1.807, 2.05) is 0 Å². The van der Waals surface area contributed by atoms with E-state index in [9.17, 15) is 198 Å². The van der Waals surface area contributed by atoms with E-state index in [2.05, 4.69) is 26.6 Å². The minimum Gasteiger partial charge on any atom is -0.394 e. The van der Waals surface area contributed by atoms with Gasteiger partial charge in [-0.1, -0.05) is 0 Å². The summed E-state index contributed by atoms with van der Waals surface area (Å²) in [6.45, 7) is 3.56. The van der Waals surface area contributed by atoms with E-state index in [1.165, 1.54) is 6.55 Å². The minimum absolute atomic E-state index is 0.577. The van der Waals surface area contributed by atoms with Crippen molar-refractivity contribution in [2.45, 2.75) is 86.3 Å². The third-order valence-corrected chi connectivity index (χ3v) is 31.4. The molecule has 0 aliphatic carbocycles. The van der Waals surface area contributed by atoms with Gasteiger partial charge in [-0.2, -0.15) is 70.2 Å². The van der Waals surface area contributed by atoms with Crippen molar-refractivity contribution in [1.82, 2.24) is 0 Å². The standard InChI is InChI=1S/C18H10F14O2Si.C13H10F10O2Si.C12H10F8O2Si.C11H10F8O2Si.C9H9F5O2Si/c1-3-33-35(34-4-2,15-11(23)7(19)5(17(27,28)29)8(20)12(15)24)16-13(25)9(21)6(18(30,31)32)10(22)14(16)26;1-3-24-26(25-4-2,12(20)11(18)19)10-8(16)6(14)5(13(21,22)23)7(15)9(10)17;1-3-21-23(22-4-2,12(20)11(18)19)10-8(16)6(14)5(13)7(15)9(10)17;1-3-20-22(21-4-2,11(17,18)19)10-8(15)6(13)5(12)7(14)9(10)16;1-15-17(3,16-2)9-7(13)5(11)4(10)6(12)8(9)14/h3-4H2,1-2H3;3-4H2,1-2H3;3-4H2,1-2H3;3-4H2,1-2H3;1-3H3. The van der Waals surface area contributed by atoms with Crippen LogP contribution in [0.15, 0.2) is 23.1 Å². The Kier molecular flexibility index (Phi) is 39.1. The van der Waals surface area contributed by atoms with Crippen LogP contribution in [0.3, 0.4) is 0 Å². The minimum atomic E-state index is -6.21. The molecule has 0 atom stereocenters. The quantitative estimate of drug-likeness (QED) is 0.0226. The van der Waals surface area contributed by atoms with Crippen molar-refractivity contribution < 1.29 is 242 Å². The monoisotopic (exact) mass is 1960 g/mol. The maximum atomic E-state index is 14.8. The second-order valence-corrected chi connectivity index (χ2v) is 36.7. The number of alkyl halides is 12. The summed E-state index contributed by atoms with van der Waals surface area (Å²) in [5, 5.41) is -11.8. The summed E-state index contributed by atoms with van der Waals surface area (Å²) < 4.78 is 652. The van der Waals surface area contributed by atoms with Crippen molar-refractivity contribution in [3.05, 3.63) is 197 Å². The van der Waals surface area contributed by atoms with Crippen molar-refractivity contribution in [1.29, 1.82) is 0 Å². The van der Waals surface area contributed by atoms with E-state index in [0.717, 1.165) is 69.6 Å². The normalized spacial score (nSPS) is 12.5. The highest BCUT2D eigenvalue weighted by atomic mass is 28.4. The SMILES string of the molecule is CCO[Si](OCC)(C(F)=C(F)F)c1c(F)c(F)c(C(F)(F)F)c(F)c1F.CCO[Si](OCC)(C(F)=C(F)F)c1c(F)c(F)c(F)c(F)c1F.CCO[Si](OCC)(c1c(F)c(F)c(C(F)(F)F)c(F)c1F)c1c(F)c(F)c(C(F)(F)F)c(F)c1F.CCO[Si](OCC)(c1c(F)c(F)c(F)c(F)c1F)C(F)(F)F.CO[Si](C)(OC)c1c(F)c(F)c(F)c(F)c1F. The molecule has 123 heavy (non-hydrogen) atoms. The number of benzene rings is 6. The fraction of sp³-hybridized carbons (Fsp3) is 0.365. The van der Waals surface area contributed by atoms with Crippen LogP contribution < -0.4 is 31.1 Å². The van der Waals surface area contributed by atoms with Crippen molar-refractivity contribution in [3.63, 3.8) is 0 Å². The lowest BCUT2D eigenvalue weighted by molar-refractivity contribution is -0.144. The lowest BCUT2D eigenvalue weighted by atomic mass is 10.1. The predicted molar refractivity (Wildman–Crippen MR) is 339 cm³/mol. The number of hydrogen-bond acceptors (Lipinski definition) is 10. The van der Waals surface area contributed by atoms with E-state index in [1.54, 1.807) is 0 Å². The molecular formula is C63H49F45O10Si5. The molecule has 6 rings (SSSR count). The summed E-state index contributed by atoms with van der Waals surface area (Å²) in [6.07, 6.45) is -24.1. The lowest BCUT2D eigenvalue weighted by Gasteiger charge is -2.32. The average Bonchev–Trinajstić information content (AvgIpc) is 0.708. The molecule has 696 valence electrons. The van der Waals surface area contributed by atoms with Crippen molar-refractivity contribution in [2.75, 3.05) is 67.1 Å². The summed E-state index contributed by atoms with van der Waals surface area (Å²) in [4.78, 5) is 0. The van der Waals surface area contributed by atoms with Gasteiger partial charge in [-0.05, 0) is 61.9 Å². The van der Waals surface area contributed by atoms with Crippen LogP contribution in [0.25, 0.3) is 0 Å². The van der Waals surface area contributed by atoms with Gasteiger partial charge in [-0.25, -0.2) is 127 Å². The van der Waals surface area contributed by atoms with Gasteiger partial charge in [-0.3, -0.25) is 0 Å². The second kappa shape index (κ2) is 43.2. The largest absolute Gasteiger partial charge is 0.497 e. The molecule has 6 aromatic rings. The van der Waals surface area contributed by atoms with Gasteiger partial charge in [0, 0.05) is 67.1 Å². The molecule has 0 N–H and O–H groups in total. The lowest BCUT2D eigenvalue weighted by Crippen LogP contribution is -2.68. The molecule has 60 heteroatoms. The van der Waals surface area contributed by atoms with E-state index >= 15 is 0 Å². The third kappa shape index (κ3) is 21.8. The maximum absolute atomic E-state index is 14.8. The molecule has 0 heterocycles. The smallest absolute Gasteiger partial charge is 0.394 e. The van der Waals surface area contributed by atoms with Gasteiger partial charge in [0.2, 0.25) is 28.4 Å². The fourth-order valence-electron chi connectivity index (χ4n) is 10.3. The van der Waals surface area contributed by atoms with Gasteiger partial charge in [0.1, 0.15) is 16.7 Å². The highest BCUT2D eigenvalue weighted by Gasteiger charge is 2.68. The zero-order chi connectivity index (χ0) is 96.3. The van der Waals surface area contributed by atoms with Crippen LogP contribution in [0.5, 0.6) is 0 Å².